The average Bonchev–Trinajstić information content (AvgIpc) is 3.18. The van der Waals surface area contributed by atoms with Gasteiger partial charge in [0.15, 0.2) is 0 Å². The van der Waals surface area contributed by atoms with Crippen LogP contribution in [0, 0.1) is 19.7 Å². The number of para-hydroxylation sites is 2. The third-order valence-corrected chi connectivity index (χ3v) is 6.29. The maximum absolute atomic E-state index is 13.1. The fraction of sp³-hybridized carbons (Fsp3) is 0.259. The molecule has 7 heteroatoms. The number of benzene rings is 3. The van der Waals surface area contributed by atoms with Gasteiger partial charge in [0.1, 0.15) is 24.0 Å². The lowest BCUT2D eigenvalue weighted by Crippen LogP contribution is -2.25. The standard InChI is InChI=1S/C27H27ClFN3O2/c1-18-16-22(17-19(2)26(18)28)34-15-14-32-24-7-4-3-6-23(24)31-25(32)8-5-13-30-27(33)20-9-11-21(29)12-10-20/h3-4,6-7,9-12,16-17H,5,8,13-15H2,1-2H3,(H,30,33). The van der Waals surface area contributed by atoms with Gasteiger partial charge in [-0.25, -0.2) is 9.37 Å². The van der Waals surface area contributed by atoms with Crippen molar-refractivity contribution in [3.63, 3.8) is 0 Å². The zero-order valence-electron chi connectivity index (χ0n) is 19.3. The van der Waals surface area contributed by atoms with Crippen molar-refractivity contribution in [1.82, 2.24) is 14.9 Å². The topological polar surface area (TPSA) is 56.1 Å². The molecule has 0 atom stereocenters. The predicted octanol–water partition coefficient (Wildman–Crippen LogP) is 5.89. The van der Waals surface area contributed by atoms with E-state index in [2.05, 4.69) is 16.0 Å². The fourth-order valence-electron chi connectivity index (χ4n) is 3.96. The molecule has 0 aliphatic carbocycles. The van der Waals surface area contributed by atoms with Gasteiger partial charge in [0.2, 0.25) is 0 Å². The van der Waals surface area contributed by atoms with Gasteiger partial charge in [-0.2, -0.15) is 0 Å². The maximum atomic E-state index is 13.1. The molecule has 0 saturated heterocycles. The Morgan fingerprint density at radius 2 is 1.79 bits per heavy atom. The van der Waals surface area contributed by atoms with Gasteiger partial charge in [0.05, 0.1) is 17.6 Å². The van der Waals surface area contributed by atoms with Crippen LogP contribution in [0.3, 0.4) is 0 Å². The summed E-state index contributed by atoms with van der Waals surface area (Å²) in [6.45, 7) is 5.59. The quantitative estimate of drug-likeness (QED) is 0.305. The number of aryl methyl sites for hydroxylation is 3. The molecule has 1 N–H and O–H groups in total. The molecule has 4 rings (SSSR count). The Morgan fingerprint density at radius 1 is 1.09 bits per heavy atom. The van der Waals surface area contributed by atoms with Gasteiger partial charge in [-0.05, 0) is 79.9 Å². The summed E-state index contributed by atoms with van der Waals surface area (Å²) in [5, 5.41) is 3.65. The lowest BCUT2D eigenvalue weighted by atomic mass is 10.1. The number of nitrogens with zero attached hydrogens (tertiary/aromatic N) is 2. The first kappa shape index (κ1) is 23.8. The molecule has 1 aromatic heterocycles. The summed E-state index contributed by atoms with van der Waals surface area (Å²) in [6, 6.07) is 17.5. The summed E-state index contributed by atoms with van der Waals surface area (Å²) in [7, 11) is 0. The number of aromatic nitrogens is 2. The normalized spacial score (nSPS) is 11.1. The van der Waals surface area contributed by atoms with E-state index in [4.69, 9.17) is 21.3 Å². The molecule has 4 aromatic rings. The summed E-state index contributed by atoms with van der Waals surface area (Å²) in [6.07, 6.45) is 1.43. The molecule has 5 nitrogen and oxygen atoms in total. The molecule has 34 heavy (non-hydrogen) atoms. The number of hydrogen-bond acceptors (Lipinski definition) is 3. The number of amides is 1. The number of fused-ring (bicyclic) bond motifs is 1. The number of carbonyl (C=O) groups excluding carboxylic acids is 1. The lowest BCUT2D eigenvalue weighted by Gasteiger charge is -2.13. The summed E-state index contributed by atoms with van der Waals surface area (Å²) < 4.78 is 21.2. The number of hydrogen-bond donors (Lipinski definition) is 1. The van der Waals surface area contributed by atoms with Crippen molar-refractivity contribution in [2.75, 3.05) is 13.2 Å². The van der Waals surface area contributed by atoms with Gasteiger partial charge in [-0.3, -0.25) is 4.79 Å². The molecule has 0 saturated carbocycles. The molecule has 0 bridgehead atoms. The Balaban J connectivity index is 1.38. The third-order valence-electron chi connectivity index (χ3n) is 5.70. The first-order valence-electron chi connectivity index (χ1n) is 11.3. The summed E-state index contributed by atoms with van der Waals surface area (Å²) in [5.74, 6) is 1.18. The van der Waals surface area contributed by atoms with Crippen molar-refractivity contribution in [2.24, 2.45) is 0 Å². The van der Waals surface area contributed by atoms with Crippen molar-refractivity contribution in [3.8, 4) is 5.75 Å². The number of carbonyl (C=O) groups is 1. The third kappa shape index (κ3) is 5.57. The van der Waals surface area contributed by atoms with Crippen LogP contribution in [-0.4, -0.2) is 28.6 Å². The molecular weight excluding hydrogens is 453 g/mol. The minimum atomic E-state index is -0.360. The van der Waals surface area contributed by atoms with Crippen molar-refractivity contribution < 1.29 is 13.9 Å². The van der Waals surface area contributed by atoms with Crippen LogP contribution in [0.15, 0.2) is 60.7 Å². The highest BCUT2D eigenvalue weighted by molar-refractivity contribution is 6.32. The molecule has 0 radical (unpaired) electrons. The zero-order chi connectivity index (χ0) is 24.1. The second-order valence-corrected chi connectivity index (χ2v) is 8.63. The van der Waals surface area contributed by atoms with Crippen molar-refractivity contribution >= 4 is 28.5 Å². The summed E-state index contributed by atoms with van der Waals surface area (Å²) >= 11 is 6.26. The lowest BCUT2D eigenvalue weighted by molar-refractivity contribution is 0.0953. The smallest absolute Gasteiger partial charge is 0.251 e. The summed E-state index contributed by atoms with van der Waals surface area (Å²) in [5.41, 5.74) is 4.42. The Bertz CT molecular complexity index is 1280. The predicted molar refractivity (Wildman–Crippen MR) is 133 cm³/mol. The number of rotatable bonds is 9. The molecule has 0 fully saturated rings. The number of nitrogens with one attached hydrogen (secondary N) is 1. The van der Waals surface area contributed by atoms with E-state index in [1.807, 2.05) is 44.2 Å². The monoisotopic (exact) mass is 479 g/mol. The molecule has 0 aliphatic rings. The minimum absolute atomic E-state index is 0.213. The minimum Gasteiger partial charge on any atom is -0.492 e. The highest BCUT2D eigenvalue weighted by Gasteiger charge is 2.12. The SMILES string of the molecule is Cc1cc(OCCn2c(CCCNC(=O)c3ccc(F)cc3)nc3ccccc32)cc(C)c1Cl. The van der Waals surface area contributed by atoms with Gasteiger partial charge in [-0.15, -0.1) is 0 Å². The van der Waals surface area contributed by atoms with Crippen LogP contribution < -0.4 is 10.1 Å². The van der Waals surface area contributed by atoms with E-state index in [9.17, 15) is 9.18 Å². The first-order chi connectivity index (χ1) is 16.4. The van der Waals surface area contributed by atoms with Crippen molar-refractivity contribution in [1.29, 1.82) is 0 Å². The number of halogens is 2. The van der Waals surface area contributed by atoms with Crippen LogP contribution in [-0.2, 0) is 13.0 Å². The Hall–Kier alpha value is -3.38. The first-order valence-corrected chi connectivity index (χ1v) is 11.7. The van der Waals surface area contributed by atoms with Crippen LogP contribution in [0.4, 0.5) is 4.39 Å². The van der Waals surface area contributed by atoms with E-state index in [0.29, 0.717) is 31.7 Å². The van der Waals surface area contributed by atoms with Crippen LogP contribution in [0.2, 0.25) is 5.02 Å². The van der Waals surface area contributed by atoms with Gasteiger partial charge in [-0.1, -0.05) is 23.7 Å². The van der Waals surface area contributed by atoms with Crippen LogP contribution in [0.25, 0.3) is 11.0 Å². The molecular formula is C27H27ClFN3O2. The van der Waals surface area contributed by atoms with E-state index >= 15 is 0 Å². The summed E-state index contributed by atoms with van der Waals surface area (Å²) in [4.78, 5) is 17.0. The van der Waals surface area contributed by atoms with E-state index in [-0.39, 0.29) is 11.7 Å². The Kier molecular flexibility index (Phi) is 7.48. The van der Waals surface area contributed by atoms with Crippen LogP contribution >= 0.6 is 11.6 Å². The van der Waals surface area contributed by atoms with E-state index < -0.39 is 0 Å². The molecule has 176 valence electrons. The van der Waals surface area contributed by atoms with Crippen LogP contribution in [0.5, 0.6) is 5.75 Å². The van der Waals surface area contributed by atoms with Gasteiger partial charge in [0, 0.05) is 23.6 Å². The second-order valence-electron chi connectivity index (χ2n) is 8.25. The Morgan fingerprint density at radius 3 is 2.53 bits per heavy atom. The van der Waals surface area contributed by atoms with Crippen LogP contribution in [0.1, 0.15) is 33.7 Å². The second kappa shape index (κ2) is 10.7. The molecule has 1 amide bonds. The average molecular weight is 480 g/mol. The number of ether oxygens (including phenoxy) is 1. The van der Waals surface area contributed by atoms with E-state index in [0.717, 1.165) is 45.2 Å². The molecule has 3 aromatic carbocycles. The van der Waals surface area contributed by atoms with Crippen molar-refractivity contribution in [3.05, 3.63) is 94.0 Å². The van der Waals surface area contributed by atoms with E-state index in [1.54, 1.807) is 0 Å². The Labute approximate surface area is 203 Å². The molecule has 1 heterocycles. The molecule has 0 spiro atoms. The highest BCUT2D eigenvalue weighted by Crippen LogP contribution is 2.26. The fourth-order valence-corrected chi connectivity index (χ4v) is 4.07. The largest absolute Gasteiger partial charge is 0.492 e. The van der Waals surface area contributed by atoms with Gasteiger partial charge < -0.3 is 14.6 Å². The molecule has 0 unspecified atom stereocenters. The maximum Gasteiger partial charge on any atom is 0.251 e. The highest BCUT2D eigenvalue weighted by atomic mass is 35.5. The van der Waals surface area contributed by atoms with Crippen molar-refractivity contribution in [2.45, 2.75) is 33.2 Å². The van der Waals surface area contributed by atoms with E-state index in [1.165, 1.54) is 24.3 Å². The zero-order valence-corrected chi connectivity index (χ0v) is 20.0. The van der Waals surface area contributed by atoms with Gasteiger partial charge >= 0.3 is 0 Å². The molecule has 0 aliphatic heterocycles. The number of imidazole rings is 1. The van der Waals surface area contributed by atoms with Gasteiger partial charge in [0.25, 0.3) is 5.91 Å².